The molecule has 0 saturated carbocycles. The highest BCUT2D eigenvalue weighted by atomic mass is 32.1. The highest BCUT2D eigenvalue weighted by Gasteiger charge is 2.41. The number of pyridine rings is 1. The SMILES string of the molecule is Cc1ccc(Oc2ccc(N3C(=S)N[C@H](c4ccccn4)[C@@H]3c3sccc3C)cc2)cc1. The van der Waals surface area contributed by atoms with Crippen LogP contribution in [0, 0.1) is 13.8 Å². The molecule has 32 heavy (non-hydrogen) atoms. The standard InChI is InChI=1S/C26H23N3OS2/c1-17-6-10-20(11-7-17)30-21-12-8-19(9-13-21)29-24(25-18(2)14-16-32-25)23(28-26(29)31)22-5-3-4-15-27-22/h3-16,23-24H,1-2H3,(H,28,31)/t23-,24-/m1/s1. The lowest BCUT2D eigenvalue weighted by Gasteiger charge is -2.27. The first-order valence-corrected chi connectivity index (χ1v) is 11.8. The number of ether oxygens (including phenoxy) is 1. The predicted octanol–water partition coefficient (Wildman–Crippen LogP) is 6.73. The number of aromatic nitrogens is 1. The van der Waals surface area contributed by atoms with Crippen molar-refractivity contribution in [3.8, 4) is 11.5 Å². The Morgan fingerprint density at radius 2 is 1.66 bits per heavy atom. The van der Waals surface area contributed by atoms with E-state index in [1.54, 1.807) is 11.3 Å². The van der Waals surface area contributed by atoms with Gasteiger partial charge in [0.2, 0.25) is 0 Å². The molecule has 1 N–H and O–H groups in total. The Labute approximate surface area is 197 Å². The molecule has 2 aromatic carbocycles. The highest BCUT2D eigenvalue weighted by Crippen LogP contribution is 2.44. The van der Waals surface area contributed by atoms with Crippen LogP contribution in [0.3, 0.4) is 0 Å². The molecule has 3 heterocycles. The molecule has 5 rings (SSSR count). The summed E-state index contributed by atoms with van der Waals surface area (Å²) in [6.07, 6.45) is 1.83. The fraction of sp³-hybridized carbons (Fsp3) is 0.154. The summed E-state index contributed by atoms with van der Waals surface area (Å²) in [5.74, 6) is 1.62. The van der Waals surface area contributed by atoms with Gasteiger partial charge in [-0.05, 0) is 91.6 Å². The van der Waals surface area contributed by atoms with Gasteiger partial charge in [0.25, 0.3) is 0 Å². The largest absolute Gasteiger partial charge is 0.457 e. The summed E-state index contributed by atoms with van der Waals surface area (Å²) in [7, 11) is 0. The van der Waals surface area contributed by atoms with Crippen molar-refractivity contribution < 1.29 is 4.74 Å². The molecule has 0 unspecified atom stereocenters. The molecule has 0 amide bonds. The molecule has 0 bridgehead atoms. The van der Waals surface area contributed by atoms with Crippen molar-refractivity contribution in [1.29, 1.82) is 0 Å². The van der Waals surface area contributed by atoms with Gasteiger partial charge in [-0.25, -0.2) is 0 Å². The van der Waals surface area contributed by atoms with Crippen molar-refractivity contribution >= 4 is 34.4 Å². The maximum atomic E-state index is 6.01. The Morgan fingerprint density at radius 1 is 0.938 bits per heavy atom. The quantitative estimate of drug-likeness (QED) is 0.336. The number of rotatable bonds is 5. The van der Waals surface area contributed by atoms with Gasteiger partial charge in [-0.3, -0.25) is 4.98 Å². The summed E-state index contributed by atoms with van der Waals surface area (Å²) < 4.78 is 6.01. The van der Waals surface area contributed by atoms with Crippen molar-refractivity contribution in [2.45, 2.75) is 25.9 Å². The van der Waals surface area contributed by atoms with E-state index in [0.29, 0.717) is 5.11 Å². The second-order valence-corrected chi connectivity index (χ2v) is 9.21. The Morgan fingerprint density at radius 3 is 2.28 bits per heavy atom. The van der Waals surface area contributed by atoms with Crippen LogP contribution in [0.15, 0.2) is 84.4 Å². The highest BCUT2D eigenvalue weighted by molar-refractivity contribution is 7.80. The van der Waals surface area contributed by atoms with Gasteiger partial charge in [-0.15, -0.1) is 11.3 Å². The van der Waals surface area contributed by atoms with Crippen molar-refractivity contribution in [2.24, 2.45) is 0 Å². The van der Waals surface area contributed by atoms with Crippen molar-refractivity contribution in [2.75, 3.05) is 4.90 Å². The van der Waals surface area contributed by atoms with Crippen LogP contribution in [0.5, 0.6) is 11.5 Å². The Balaban J connectivity index is 1.47. The molecule has 0 aliphatic carbocycles. The van der Waals surface area contributed by atoms with E-state index >= 15 is 0 Å². The average Bonchev–Trinajstić information content (AvgIpc) is 3.39. The lowest BCUT2D eigenvalue weighted by Crippen LogP contribution is -2.29. The summed E-state index contributed by atoms with van der Waals surface area (Å²) >= 11 is 7.56. The number of hydrogen-bond acceptors (Lipinski definition) is 4. The first-order chi connectivity index (χ1) is 15.6. The number of hydrogen-bond donors (Lipinski definition) is 1. The van der Waals surface area contributed by atoms with Gasteiger partial charge < -0.3 is 15.0 Å². The van der Waals surface area contributed by atoms with Crippen LogP contribution >= 0.6 is 23.6 Å². The average molecular weight is 458 g/mol. The number of thiocarbonyl (C=S) groups is 1. The number of nitrogens with zero attached hydrogens (tertiary/aromatic N) is 2. The zero-order valence-corrected chi connectivity index (χ0v) is 19.5. The third-order valence-electron chi connectivity index (χ3n) is 5.64. The van der Waals surface area contributed by atoms with E-state index in [1.807, 2.05) is 54.7 Å². The molecule has 1 fully saturated rings. The molecule has 0 spiro atoms. The van der Waals surface area contributed by atoms with E-state index in [1.165, 1.54) is 16.0 Å². The summed E-state index contributed by atoms with van der Waals surface area (Å²) in [6.45, 7) is 4.22. The van der Waals surface area contributed by atoms with Crippen molar-refractivity contribution in [3.63, 3.8) is 0 Å². The molecule has 2 aromatic heterocycles. The third kappa shape index (κ3) is 3.99. The van der Waals surface area contributed by atoms with Gasteiger partial charge in [0.1, 0.15) is 11.5 Å². The molecule has 1 aliphatic heterocycles. The summed E-state index contributed by atoms with van der Waals surface area (Å²) in [6, 6.07) is 24.3. The normalized spacial score (nSPS) is 17.9. The van der Waals surface area contributed by atoms with Crippen LogP contribution in [-0.2, 0) is 0 Å². The molecule has 160 valence electrons. The predicted molar refractivity (Wildman–Crippen MR) is 135 cm³/mol. The van der Waals surface area contributed by atoms with Crippen LogP contribution in [0.4, 0.5) is 5.69 Å². The summed E-state index contributed by atoms with van der Waals surface area (Å²) in [5.41, 5.74) is 4.47. The minimum Gasteiger partial charge on any atom is -0.457 e. The fourth-order valence-corrected chi connectivity index (χ4v) is 5.40. The van der Waals surface area contributed by atoms with Gasteiger partial charge in [-0.1, -0.05) is 23.8 Å². The number of anilines is 1. The maximum Gasteiger partial charge on any atom is 0.174 e. The van der Waals surface area contributed by atoms with Gasteiger partial charge in [0.05, 0.1) is 17.8 Å². The lowest BCUT2D eigenvalue weighted by molar-refractivity contribution is 0.482. The van der Waals surface area contributed by atoms with Crippen LogP contribution in [0.2, 0.25) is 0 Å². The van der Waals surface area contributed by atoms with E-state index in [4.69, 9.17) is 17.0 Å². The number of nitrogens with one attached hydrogen (secondary N) is 1. The molecule has 4 aromatic rings. The molecule has 0 radical (unpaired) electrons. The van der Waals surface area contributed by atoms with E-state index in [2.05, 4.69) is 58.7 Å². The molecule has 4 nitrogen and oxygen atoms in total. The van der Waals surface area contributed by atoms with Crippen molar-refractivity contribution in [3.05, 3.63) is 106 Å². The van der Waals surface area contributed by atoms with E-state index in [0.717, 1.165) is 22.9 Å². The lowest BCUT2D eigenvalue weighted by atomic mass is 10.0. The molecule has 2 atom stereocenters. The molecular formula is C26H23N3OS2. The van der Waals surface area contributed by atoms with E-state index in [-0.39, 0.29) is 12.1 Å². The van der Waals surface area contributed by atoms with Crippen LogP contribution in [0.1, 0.15) is 33.8 Å². The minimum absolute atomic E-state index is 0.0236. The maximum absolute atomic E-state index is 6.01. The first-order valence-electron chi connectivity index (χ1n) is 10.5. The minimum atomic E-state index is -0.0236. The van der Waals surface area contributed by atoms with Crippen LogP contribution in [0.25, 0.3) is 0 Å². The Bertz CT molecular complexity index is 1220. The number of aryl methyl sites for hydroxylation is 2. The topological polar surface area (TPSA) is 37.4 Å². The Kier molecular flexibility index (Phi) is 5.64. The molecule has 6 heteroatoms. The second kappa shape index (κ2) is 8.73. The van der Waals surface area contributed by atoms with E-state index in [9.17, 15) is 0 Å². The fourth-order valence-electron chi connectivity index (χ4n) is 4.00. The van der Waals surface area contributed by atoms with Crippen molar-refractivity contribution in [1.82, 2.24) is 10.3 Å². The van der Waals surface area contributed by atoms with Gasteiger partial charge in [-0.2, -0.15) is 0 Å². The molecule has 1 saturated heterocycles. The molecule has 1 aliphatic rings. The smallest absolute Gasteiger partial charge is 0.174 e. The summed E-state index contributed by atoms with van der Waals surface area (Å²) in [5, 5.41) is 6.35. The monoisotopic (exact) mass is 457 g/mol. The van der Waals surface area contributed by atoms with E-state index < -0.39 is 0 Å². The molecular weight excluding hydrogens is 434 g/mol. The van der Waals surface area contributed by atoms with Crippen LogP contribution in [-0.4, -0.2) is 10.1 Å². The Hall–Kier alpha value is -3.22. The number of benzene rings is 2. The first kappa shape index (κ1) is 20.7. The van der Waals surface area contributed by atoms with Gasteiger partial charge in [0, 0.05) is 16.8 Å². The number of thiophene rings is 1. The van der Waals surface area contributed by atoms with Crippen LogP contribution < -0.4 is 15.0 Å². The van der Waals surface area contributed by atoms with Gasteiger partial charge >= 0.3 is 0 Å². The summed E-state index contributed by atoms with van der Waals surface area (Å²) in [4.78, 5) is 8.10. The van der Waals surface area contributed by atoms with Gasteiger partial charge in [0.15, 0.2) is 5.11 Å². The third-order valence-corrected chi connectivity index (χ3v) is 7.04. The second-order valence-electron chi connectivity index (χ2n) is 7.87. The zero-order valence-electron chi connectivity index (χ0n) is 17.9. The zero-order chi connectivity index (χ0) is 22.1.